The minimum atomic E-state index is -2.46. The van der Waals surface area contributed by atoms with E-state index in [1.165, 1.54) is 42.4 Å². The van der Waals surface area contributed by atoms with E-state index >= 15 is 0 Å². The molecule has 1 aliphatic rings. The van der Waals surface area contributed by atoms with Gasteiger partial charge in [-0.3, -0.25) is 0 Å². The number of fused-ring (bicyclic) bond motifs is 1. The van der Waals surface area contributed by atoms with Crippen LogP contribution in [-0.4, -0.2) is 17.8 Å². The summed E-state index contributed by atoms with van der Waals surface area (Å²) in [6.07, 6.45) is 0. The van der Waals surface area contributed by atoms with Gasteiger partial charge in [0, 0.05) is 0 Å². The number of rotatable bonds is 2. The standard InChI is InChI=1S/C23H23GeN/c1-16-13-17(2)15-19(14-16)23-24(3,4)22-20(11-8-12-21(22)25-23)18-9-6-5-7-10-18/h5-15H,1-4H3. The molecular formula is C23H23GeN. The molecule has 0 saturated carbocycles. The first kappa shape index (κ1) is 16.3. The van der Waals surface area contributed by atoms with E-state index in [1.807, 2.05) is 0 Å². The van der Waals surface area contributed by atoms with Crippen LogP contribution in [0.4, 0.5) is 5.69 Å². The zero-order chi connectivity index (χ0) is 17.6. The van der Waals surface area contributed by atoms with Gasteiger partial charge in [0.1, 0.15) is 0 Å². The molecule has 0 spiro atoms. The van der Waals surface area contributed by atoms with Crippen molar-refractivity contribution in [1.29, 1.82) is 0 Å². The molecule has 1 heterocycles. The average molecular weight is 386 g/mol. The van der Waals surface area contributed by atoms with Crippen LogP contribution in [0.5, 0.6) is 0 Å². The second-order valence-electron chi connectivity index (χ2n) is 7.53. The Morgan fingerprint density at radius 1 is 0.720 bits per heavy atom. The van der Waals surface area contributed by atoms with E-state index in [9.17, 15) is 0 Å². The first-order valence-electron chi connectivity index (χ1n) is 8.83. The van der Waals surface area contributed by atoms with Crippen LogP contribution >= 0.6 is 0 Å². The molecule has 0 aliphatic carbocycles. The van der Waals surface area contributed by atoms with Crippen LogP contribution in [0.2, 0.25) is 11.5 Å². The predicted octanol–water partition coefficient (Wildman–Crippen LogP) is 5.56. The third-order valence-electron chi connectivity index (χ3n) is 5.07. The van der Waals surface area contributed by atoms with Crippen molar-refractivity contribution in [3.05, 3.63) is 83.4 Å². The maximum atomic E-state index is 5.14. The molecule has 1 aliphatic heterocycles. The van der Waals surface area contributed by atoms with Crippen molar-refractivity contribution >= 4 is 27.9 Å². The fourth-order valence-electron chi connectivity index (χ4n) is 4.06. The summed E-state index contributed by atoms with van der Waals surface area (Å²) in [6.45, 7) is 4.35. The van der Waals surface area contributed by atoms with Crippen LogP contribution in [0.3, 0.4) is 0 Å². The Bertz CT molecular complexity index is 964. The van der Waals surface area contributed by atoms with Crippen molar-refractivity contribution < 1.29 is 0 Å². The van der Waals surface area contributed by atoms with E-state index in [1.54, 1.807) is 0 Å². The van der Waals surface area contributed by atoms with Gasteiger partial charge in [0.15, 0.2) is 0 Å². The molecule has 25 heavy (non-hydrogen) atoms. The topological polar surface area (TPSA) is 12.4 Å². The Hall–Kier alpha value is -2.13. The minimum absolute atomic E-state index is 1.18. The van der Waals surface area contributed by atoms with Crippen LogP contribution < -0.4 is 4.40 Å². The van der Waals surface area contributed by atoms with Crippen LogP contribution in [0.15, 0.2) is 71.7 Å². The van der Waals surface area contributed by atoms with Crippen molar-refractivity contribution in [3.8, 4) is 11.1 Å². The van der Waals surface area contributed by atoms with Crippen molar-refractivity contribution in [3.63, 3.8) is 0 Å². The first-order valence-corrected chi connectivity index (χ1v) is 15.1. The fourth-order valence-corrected chi connectivity index (χ4v) is 10.7. The summed E-state index contributed by atoms with van der Waals surface area (Å²) in [7, 11) is 0. The molecule has 4 rings (SSSR count). The SMILES string of the molecule is Cc1cc(C)cc([C]2=Nc3cccc(-c4ccccc4)[c]3[Ge]2([CH3])[CH3])c1. The molecule has 3 aromatic carbocycles. The maximum absolute atomic E-state index is 5.14. The van der Waals surface area contributed by atoms with Gasteiger partial charge in [0.25, 0.3) is 0 Å². The van der Waals surface area contributed by atoms with Crippen molar-refractivity contribution in [2.75, 3.05) is 0 Å². The van der Waals surface area contributed by atoms with Crippen LogP contribution in [-0.2, 0) is 0 Å². The molecular weight excluding hydrogens is 363 g/mol. The van der Waals surface area contributed by atoms with E-state index in [4.69, 9.17) is 4.99 Å². The summed E-state index contributed by atoms with van der Waals surface area (Å²) < 4.78 is 2.87. The molecule has 0 aromatic heterocycles. The van der Waals surface area contributed by atoms with Gasteiger partial charge in [-0.05, 0) is 0 Å². The summed E-state index contributed by atoms with van der Waals surface area (Å²) >= 11 is -2.46. The quantitative estimate of drug-likeness (QED) is 0.512. The van der Waals surface area contributed by atoms with Gasteiger partial charge in [0.2, 0.25) is 0 Å². The monoisotopic (exact) mass is 387 g/mol. The van der Waals surface area contributed by atoms with E-state index in [-0.39, 0.29) is 0 Å². The van der Waals surface area contributed by atoms with Gasteiger partial charge in [-0.25, -0.2) is 0 Å². The van der Waals surface area contributed by atoms with E-state index in [0.29, 0.717) is 0 Å². The van der Waals surface area contributed by atoms with Crippen LogP contribution in [0, 0.1) is 13.8 Å². The zero-order valence-corrected chi connectivity index (χ0v) is 17.4. The number of hydrogen-bond acceptors (Lipinski definition) is 1. The second-order valence-corrected chi connectivity index (χ2v) is 16.4. The first-order chi connectivity index (χ1) is 12.0. The van der Waals surface area contributed by atoms with Gasteiger partial charge in [0.05, 0.1) is 0 Å². The zero-order valence-electron chi connectivity index (χ0n) is 15.3. The molecule has 0 radical (unpaired) electrons. The van der Waals surface area contributed by atoms with Gasteiger partial charge >= 0.3 is 153 Å². The Labute approximate surface area is 152 Å². The molecule has 124 valence electrons. The van der Waals surface area contributed by atoms with Gasteiger partial charge < -0.3 is 0 Å². The summed E-state index contributed by atoms with van der Waals surface area (Å²) in [5, 5.41) is 0. The van der Waals surface area contributed by atoms with E-state index in [2.05, 4.69) is 92.1 Å². The van der Waals surface area contributed by atoms with Gasteiger partial charge in [-0.1, -0.05) is 0 Å². The molecule has 0 bridgehead atoms. The Morgan fingerprint density at radius 2 is 1.40 bits per heavy atom. The molecule has 3 aromatic rings. The number of benzene rings is 3. The Morgan fingerprint density at radius 3 is 2.08 bits per heavy atom. The predicted molar refractivity (Wildman–Crippen MR) is 111 cm³/mol. The normalized spacial score (nSPS) is 15.0. The Balaban J connectivity index is 1.90. The number of hydrogen-bond donors (Lipinski definition) is 0. The number of aliphatic imine (C=N–C) groups is 1. The average Bonchev–Trinajstić information content (AvgIpc) is 2.86. The van der Waals surface area contributed by atoms with Crippen LogP contribution in [0.1, 0.15) is 16.7 Å². The number of aryl methyl sites for hydroxylation is 2. The third-order valence-corrected chi connectivity index (χ3v) is 12.1. The van der Waals surface area contributed by atoms with Crippen molar-refractivity contribution in [1.82, 2.24) is 0 Å². The van der Waals surface area contributed by atoms with Crippen molar-refractivity contribution in [2.24, 2.45) is 4.99 Å². The Kier molecular flexibility index (Phi) is 3.92. The van der Waals surface area contributed by atoms with Crippen molar-refractivity contribution in [2.45, 2.75) is 25.4 Å². The van der Waals surface area contributed by atoms with Gasteiger partial charge in [-0.2, -0.15) is 0 Å². The fraction of sp³-hybridized carbons (Fsp3) is 0.174. The molecule has 0 saturated heterocycles. The van der Waals surface area contributed by atoms with E-state index < -0.39 is 13.3 Å². The third kappa shape index (κ3) is 2.77. The molecule has 0 atom stereocenters. The molecule has 0 N–H and O–H groups in total. The van der Waals surface area contributed by atoms with Gasteiger partial charge in [-0.15, -0.1) is 0 Å². The summed E-state index contributed by atoms with van der Waals surface area (Å²) in [5.74, 6) is 4.96. The van der Waals surface area contributed by atoms with E-state index in [0.717, 1.165) is 0 Å². The molecule has 0 fully saturated rings. The number of nitrogens with zero attached hydrogens (tertiary/aromatic N) is 1. The van der Waals surface area contributed by atoms with Crippen LogP contribution in [0.25, 0.3) is 11.1 Å². The summed E-state index contributed by atoms with van der Waals surface area (Å²) in [6, 6.07) is 24.2. The molecule has 0 amide bonds. The second kappa shape index (κ2) is 5.99. The molecule has 2 heteroatoms. The summed E-state index contributed by atoms with van der Waals surface area (Å²) in [5.41, 5.74) is 7.80. The molecule has 0 unspecified atom stereocenters. The summed E-state index contributed by atoms with van der Waals surface area (Å²) in [4.78, 5) is 5.14. The molecule has 1 nitrogen and oxygen atoms in total.